The molecule has 0 fully saturated rings. The van der Waals surface area contributed by atoms with Gasteiger partial charge in [0, 0.05) is 0 Å². The van der Waals surface area contributed by atoms with E-state index < -0.39 is 7.26 Å². The molecule has 0 aliphatic heterocycles. The molecule has 0 unspecified atom stereocenters. The van der Waals surface area contributed by atoms with Crippen LogP contribution in [-0.2, 0) is 4.79 Å². The van der Waals surface area contributed by atoms with Crippen molar-refractivity contribution in [2.24, 2.45) is 0 Å². The van der Waals surface area contributed by atoms with Crippen LogP contribution in [0.5, 0.6) is 0 Å². The molecule has 0 saturated heterocycles. The molecule has 0 bridgehead atoms. The van der Waals surface area contributed by atoms with Crippen molar-refractivity contribution < 1.29 is 4.79 Å². The van der Waals surface area contributed by atoms with Crippen molar-refractivity contribution in [3.63, 3.8) is 0 Å². The Morgan fingerprint density at radius 3 is 1.08 bits per heavy atom. The topological polar surface area (TPSA) is 17.1 Å². The summed E-state index contributed by atoms with van der Waals surface area (Å²) in [6.45, 7) is 13.2. The zero-order valence-corrected chi connectivity index (χ0v) is 10.2. The molecule has 0 aliphatic carbocycles. The van der Waals surface area contributed by atoms with Gasteiger partial charge in [0.05, 0.1) is 0 Å². The molecule has 74 valence electrons. The minimum atomic E-state index is -1.68. The Morgan fingerprint density at radius 1 is 0.833 bits per heavy atom. The molecule has 0 aliphatic rings. The molecule has 2 heteroatoms. The van der Waals surface area contributed by atoms with Crippen LogP contribution in [0, 0.1) is 0 Å². The van der Waals surface area contributed by atoms with Gasteiger partial charge in [-0.25, -0.2) is 0 Å². The predicted molar refractivity (Wildman–Crippen MR) is 60.5 cm³/mol. The maximum absolute atomic E-state index is 11.2. The van der Waals surface area contributed by atoms with Crippen LogP contribution in [0.3, 0.4) is 0 Å². The first-order valence-electron chi connectivity index (χ1n) is 4.85. The number of rotatable bonds is 4. The molecule has 0 radical (unpaired) electrons. The van der Waals surface area contributed by atoms with Gasteiger partial charge in [0.2, 0.25) is 0 Å². The summed E-state index contributed by atoms with van der Waals surface area (Å²) in [5.41, 5.74) is 1.69. The van der Waals surface area contributed by atoms with Gasteiger partial charge in [0.15, 0.2) is 0 Å². The first kappa shape index (κ1) is 12.1. The third kappa shape index (κ3) is 1.88. The molecule has 0 heterocycles. The van der Waals surface area contributed by atoms with Gasteiger partial charge in [-0.2, -0.15) is 0 Å². The molecule has 0 rings (SSSR count). The Hall–Kier alpha value is 0.100. The van der Waals surface area contributed by atoms with Crippen molar-refractivity contribution in [1.82, 2.24) is 0 Å². The zero-order valence-electron chi connectivity index (χ0n) is 9.22. The summed E-state index contributed by atoms with van der Waals surface area (Å²) in [5, 5.41) is 0. The summed E-state index contributed by atoms with van der Waals surface area (Å²) in [5.74, 6) is 0. The third-order valence-electron chi connectivity index (χ3n) is 3.20. The van der Waals surface area contributed by atoms with Crippen LogP contribution in [0.2, 0.25) is 0 Å². The molecule has 0 spiro atoms. The van der Waals surface area contributed by atoms with Crippen LogP contribution in [-0.4, -0.2) is 23.0 Å². The summed E-state index contributed by atoms with van der Waals surface area (Å²) >= 11 is 0. The van der Waals surface area contributed by atoms with Crippen molar-refractivity contribution >= 4 is 13.3 Å². The molecule has 0 aromatic carbocycles. The maximum atomic E-state index is 11.2. The average Bonchev–Trinajstić information content (AvgIpc) is 1.86. The minimum absolute atomic E-state index is 0.565. The van der Waals surface area contributed by atoms with E-state index in [2.05, 4.69) is 41.5 Å². The molecule has 0 saturated carbocycles. The second-order valence-electron chi connectivity index (χ2n) is 4.58. The predicted octanol–water partition coefficient (Wildman–Crippen LogP) is 3.15. The van der Waals surface area contributed by atoms with Gasteiger partial charge in [-0.3, -0.25) is 0 Å². The Bertz CT molecular complexity index is 128. The average molecular weight is 190 g/mol. The van der Waals surface area contributed by atoms with Crippen LogP contribution in [0.4, 0.5) is 0 Å². The molecule has 1 nitrogen and oxygen atoms in total. The number of hydrogen-bond donors (Lipinski definition) is 0. The van der Waals surface area contributed by atoms with E-state index in [4.69, 9.17) is 0 Å². The van der Waals surface area contributed by atoms with E-state index >= 15 is 0 Å². The van der Waals surface area contributed by atoms with Gasteiger partial charge in [0.1, 0.15) is 0 Å². The van der Waals surface area contributed by atoms with E-state index in [1.54, 1.807) is 0 Å². The Labute approximate surface area is 77.3 Å². The van der Waals surface area contributed by atoms with Crippen LogP contribution < -0.4 is 0 Å². The molecular weight excluding hydrogens is 167 g/mol. The number of carbonyl (C=O) groups is 1. The number of hydrogen-bond acceptors (Lipinski definition) is 1. The summed E-state index contributed by atoms with van der Waals surface area (Å²) in [6, 6.07) is 1.30. The zero-order chi connectivity index (χ0) is 9.94. The van der Waals surface area contributed by atoms with Crippen LogP contribution in [0.1, 0.15) is 41.5 Å². The van der Waals surface area contributed by atoms with Gasteiger partial charge >= 0.3 is 76.6 Å². The molecule has 12 heavy (non-hydrogen) atoms. The molecule has 0 aromatic heterocycles. The van der Waals surface area contributed by atoms with E-state index in [0.29, 0.717) is 17.0 Å². The molecular formula is C10H23OP. The van der Waals surface area contributed by atoms with Gasteiger partial charge < -0.3 is 0 Å². The monoisotopic (exact) mass is 190 g/mol. The van der Waals surface area contributed by atoms with E-state index in [-0.39, 0.29) is 0 Å². The van der Waals surface area contributed by atoms with Gasteiger partial charge in [-0.1, -0.05) is 0 Å². The third-order valence-corrected chi connectivity index (χ3v) is 9.61. The van der Waals surface area contributed by atoms with E-state index in [1.807, 2.05) is 0 Å². The van der Waals surface area contributed by atoms with Crippen molar-refractivity contribution in [3.8, 4) is 0 Å². The number of carbonyl (C=O) groups excluding carboxylic acids is 1. The summed E-state index contributed by atoms with van der Waals surface area (Å²) < 4.78 is 0. The second-order valence-corrected chi connectivity index (χ2v) is 10.3. The van der Waals surface area contributed by atoms with Crippen LogP contribution >= 0.6 is 7.26 Å². The summed E-state index contributed by atoms with van der Waals surface area (Å²) in [6.07, 6.45) is 0. The summed E-state index contributed by atoms with van der Waals surface area (Å²) in [4.78, 5) is 11.2. The Morgan fingerprint density at radius 2 is 1.08 bits per heavy atom. The second kappa shape index (κ2) is 4.37. The van der Waals surface area contributed by atoms with E-state index in [1.165, 1.54) is 6.03 Å². The van der Waals surface area contributed by atoms with Crippen LogP contribution in [0.25, 0.3) is 0 Å². The van der Waals surface area contributed by atoms with Gasteiger partial charge in [-0.15, -0.1) is 0 Å². The molecule has 0 amide bonds. The summed E-state index contributed by atoms with van der Waals surface area (Å²) in [7, 11) is -1.68. The van der Waals surface area contributed by atoms with Crippen molar-refractivity contribution in [2.45, 2.75) is 58.5 Å². The van der Waals surface area contributed by atoms with E-state index in [9.17, 15) is 4.79 Å². The first-order chi connectivity index (χ1) is 5.39. The molecule has 0 aromatic rings. The van der Waals surface area contributed by atoms with Gasteiger partial charge in [0.25, 0.3) is 0 Å². The molecule has 0 N–H and O–H groups in total. The van der Waals surface area contributed by atoms with Crippen molar-refractivity contribution in [3.05, 3.63) is 0 Å². The quantitative estimate of drug-likeness (QED) is 0.491. The SMILES string of the molecule is CC(C)[PH](C=O)(C(C)C)C(C)C. The standard InChI is InChI=1S/C10H23OP/c1-8(2)12(7-11,9(3)4)10(5)6/h7-10,12H,1-6H3. The van der Waals surface area contributed by atoms with Crippen molar-refractivity contribution in [2.75, 3.05) is 0 Å². The normalized spacial score (nSPS) is 14.4. The van der Waals surface area contributed by atoms with E-state index in [0.717, 1.165) is 0 Å². The Balaban J connectivity index is 4.89. The fourth-order valence-electron chi connectivity index (χ4n) is 2.41. The fourth-order valence-corrected chi connectivity index (χ4v) is 7.22. The first-order valence-corrected chi connectivity index (χ1v) is 7.16. The van der Waals surface area contributed by atoms with Crippen molar-refractivity contribution in [1.29, 1.82) is 0 Å². The fraction of sp³-hybridized carbons (Fsp3) is 0.900. The van der Waals surface area contributed by atoms with Gasteiger partial charge in [-0.05, 0) is 0 Å². The molecule has 0 atom stereocenters. The Kier molecular flexibility index (Phi) is 4.40. The van der Waals surface area contributed by atoms with Crippen LogP contribution in [0.15, 0.2) is 0 Å².